The Hall–Kier alpha value is -2.23. The molecule has 1 saturated heterocycles. The Bertz CT molecular complexity index is 979. The second-order valence-electron chi connectivity index (χ2n) is 8.52. The maximum Gasteiger partial charge on any atom is 0.223 e. The summed E-state index contributed by atoms with van der Waals surface area (Å²) in [5, 5.41) is 3.02. The fourth-order valence-electron chi connectivity index (χ4n) is 3.91. The Morgan fingerprint density at radius 3 is 2.48 bits per heavy atom. The fourth-order valence-corrected chi connectivity index (χ4v) is 5.40. The van der Waals surface area contributed by atoms with E-state index in [1.165, 1.54) is 0 Å². The molecule has 0 atom stereocenters. The van der Waals surface area contributed by atoms with Gasteiger partial charge < -0.3 is 9.88 Å². The van der Waals surface area contributed by atoms with Crippen LogP contribution in [0.5, 0.6) is 0 Å². The van der Waals surface area contributed by atoms with Crippen LogP contribution in [0.2, 0.25) is 0 Å². The van der Waals surface area contributed by atoms with E-state index in [0.717, 1.165) is 43.9 Å². The first-order valence-corrected chi connectivity index (χ1v) is 12.4. The van der Waals surface area contributed by atoms with Crippen LogP contribution in [0.4, 0.5) is 0 Å². The number of sulfonamides is 1. The maximum atomic E-state index is 12.7. The number of piperidine rings is 1. The van der Waals surface area contributed by atoms with E-state index < -0.39 is 10.0 Å². The number of amides is 1. The predicted molar refractivity (Wildman–Crippen MR) is 120 cm³/mol. The predicted octanol–water partition coefficient (Wildman–Crippen LogP) is 1.78. The van der Waals surface area contributed by atoms with E-state index in [9.17, 15) is 13.2 Å². The van der Waals surface area contributed by atoms with E-state index in [0.29, 0.717) is 12.1 Å². The number of imidazole rings is 1. The topological polar surface area (TPSA) is 96.3 Å². The summed E-state index contributed by atoms with van der Waals surface area (Å²) in [6.45, 7) is 6.45. The van der Waals surface area contributed by atoms with Gasteiger partial charge in [0, 0.05) is 37.9 Å². The fraction of sp³-hybridized carbons (Fsp3) is 0.545. The van der Waals surface area contributed by atoms with Crippen molar-refractivity contribution in [2.75, 3.05) is 13.1 Å². The van der Waals surface area contributed by atoms with Gasteiger partial charge in [-0.25, -0.2) is 18.1 Å². The molecule has 0 aliphatic carbocycles. The summed E-state index contributed by atoms with van der Waals surface area (Å²) in [4.78, 5) is 19.4. The van der Waals surface area contributed by atoms with Gasteiger partial charge in [0.15, 0.2) is 0 Å². The molecule has 31 heavy (non-hydrogen) atoms. The van der Waals surface area contributed by atoms with Crippen LogP contribution in [0.25, 0.3) is 0 Å². The number of aryl methyl sites for hydroxylation is 1. The molecule has 1 fully saturated rings. The molecule has 9 heteroatoms. The standard InChI is InChI=1S/C22H33N5O3S/c1-17(2)25-31(29,30)16-20-7-5-4-6-19(20)14-24-22(28)18-8-11-27(12-9-18)15-21-23-10-13-26(21)3/h4-7,10,13,17-18,25H,8-9,11-12,14-16H2,1-3H3,(H,24,28). The molecule has 3 rings (SSSR count). The smallest absolute Gasteiger partial charge is 0.223 e. The van der Waals surface area contributed by atoms with E-state index in [4.69, 9.17) is 0 Å². The molecule has 1 aromatic carbocycles. The van der Waals surface area contributed by atoms with Gasteiger partial charge in [0.2, 0.25) is 15.9 Å². The van der Waals surface area contributed by atoms with Crippen LogP contribution >= 0.6 is 0 Å². The number of nitrogens with one attached hydrogen (secondary N) is 2. The minimum atomic E-state index is -3.42. The van der Waals surface area contributed by atoms with Crippen molar-refractivity contribution in [1.82, 2.24) is 24.5 Å². The molecular weight excluding hydrogens is 414 g/mol. The normalized spacial score (nSPS) is 16.0. The molecule has 1 aromatic heterocycles. The first kappa shape index (κ1) is 23.4. The van der Waals surface area contributed by atoms with Crippen LogP contribution in [0.15, 0.2) is 36.7 Å². The average Bonchev–Trinajstić information content (AvgIpc) is 3.11. The number of nitrogens with zero attached hydrogens (tertiary/aromatic N) is 3. The zero-order chi connectivity index (χ0) is 22.4. The van der Waals surface area contributed by atoms with E-state index >= 15 is 0 Å². The number of hydrogen-bond donors (Lipinski definition) is 2. The van der Waals surface area contributed by atoms with Gasteiger partial charge in [0.1, 0.15) is 5.82 Å². The Morgan fingerprint density at radius 1 is 1.19 bits per heavy atom. The minimum absolute atomic E-state index is 0.0175. The first-order chi connectivity index (χ1) is 14.7. The van der Waals surface area contributed by atoms with Crippen molar-refractivity contribution in [3.63, 3.8) is 0 Å². The number of likely N-dealkylation sites (tertiary alicyclic amines) is 1. The molecule has 1 aliphatic rings. The molecule has 0 unspecified atom stereocenters. The number of carbonyl (C=O) groups excluding carboxylic acids is 1. The number of rotatable bonds is 9. The molecule has 0 saturated carbocycles. The molecule has 1 aliphatic heterocycles. The number of carbonyl (C=O) groups is 1. The lowest BCUT2D eigenvalue weighted by molar-refractivity contribution is -0.126. The quantitative estimate of drug-likeness (QED) is 0.611. The van der Waals surface area contributed by atoms with E-state index in [1.54, 1.807) is 26.1 Å². The van der Waals surface area contributed by atoms with Gasteiger partial charge in [-0.2, -0.15) is 0 Å². The summed E-state index contributed by atoms with van der Waals surface area (Å²) in [6.07, 6.45) is 5.37. The van der Waals surface area contributed by atoms with Crippen LogP contribution < -0.4 is 10.0 Å². The summed E-state index contributed by atoms with van der Waals surface area (Å²) in [6, 6.07) is 7.21. The van der Waals surface area contributed by atoms with Gasteiger partial charge in [0.05, 0.1) is 12.3 Å². The highest BCUT2D eigenvalue weighted by Gasteiger charge is 2.25. The van der Waals surface area contributed by atoms with E-state index in [-0.39, 0.29) is 23.6 Å². The third kappa shape index (κ3) is 6.88. The van der Waals surface area contributed by atoms with Gasteiger partial charge in [-0.1, -0.05) is 24.3 Å². The Kier molecular flexibility index (Phi) is 7.85. The highest BCUT2D eigenvalue weighted by Crippen LogP contribution is 2.19. The Balaban J connectivity index is 1.51. The molecule has 2 aromatic rings. The second-order valence-corrected chi connectivity index (χ2v) is 10.3. The molecule has 170 valence electrons. The highest BCUT2D eigenvalue weighted by molar-refractivity contribution is 7.88. The van der Waals surface area contributed by atoms with Crippen molar-refractivity contribution >= 4 is 15.9 Å². The zero-order valence-electron chi connectivity index (χ0n) is 18.5. The summed E-state index contributed by atoms with van der Waals surface area (Å²) < 4.78 is 29.2. The van der Waals surface area contributed by atoms with Crippen molar-refractivity contribution in [3.8, 4) is 0 Å². The van der Waals surface area contributed by atoms with Crippen LogP contribution in [0.1, 0.15) is 43.6 Å². The number of benzene rings is 1. The van der Waals surface area contributed by atoms with Gasteiger partial charge in [-0.15, -0.1) is 0 Å². The van der Waals surface area contributed by atoms with Crippen LogP contribution in [-0.4, -0.2) is 47.9 Å². The van der Waals surface area contributed by atoms with Crippen molar-refractivity contribution in [2.45, 2.75) is 51.6 Å². The molecular formula is C22H33N5O3S. The largest absolute Gasteiger partial charge is 0.352 e. The van der Waals surface area contributed by atoms with Crippen LogP contribution in [0, 0.1) is 5.92 Å². The maximum absolute atomic E-state index is 12.7. The third-order valence-electron chi connectivity index (χ3n) is 5.58. The van der Waals surface area contributed by atoms with Crippen LogP contribution in [-0.2, 0) is 40.7 Å². The number of hydrogen-bond acceptors (Lipinski definition) is 5. The summed E-state index contributed by atoms with van der Waals surface area (Å²) in [5.41, 5.74) is 1.54. The molecule has 2 N–H and O–H groups in total. The average molecular weight is 448 g/mol. The van der Waals surface area contributed by atoms with Crippen molar-refractivity contribution < 1.29 is 13.2 Å². The Morgan fingerprint density at radius 2 is 1.87 bits per heavy atom. The highest BCUT2D eigenvalue weighted by atomic mass is 32.2. The van der Waals surface area contributed by atoms with Gasteiger partial charge in [-0.05, 0) is 50.9 Å². The summed E-state index contributed by atoms with van der Waals surface area (Å²) in [5.74, 6) is 0.954. The van der Waals surface area contributed by atoms with E-state index in [1.807, 2.05) is 36.0 Å². The molecule has 8 nitrogen and oxygen atoms in total. The van der Waals surface area contributed by atoms with E-state index in [2.05, 4.69) is 19.9 Å². The second kappa shape index (κ2) is 10.4. The third-order valence-corrected chi connectivity index (χ3v) is 7.10. The van der Waals surface area contributed by atoms with Gasteiger partial charge in [-0.3, -0.25) is 9.69 Å². The SMILES string of the molecule is CC(C)NS(=O)(=O)Cc1ccccc1CNC(=O)C1CCN(Cc2nccn2C)CC1. The monoisotopic (exact) mass is 447 g/mol. The van der Waals surface area contributed by atoms with Crippen molar-refractivity contribution in [1.29, 1.82) is 0 Å². The summed E-state index contributed by atoms with van der Waals surface area (Å²) >= 11 is 0. The molecule has 0 spiro atoms. The molecule has 0 bridgehead atoms. The van der Waals surface area contributed by atoms with Crippen LogP contribution in [0.3, 0.4) is 0 Å². The summed E-state index contributed by atoms with van der Waals surface area (Å²) in [7, 11) is -1.43. The van der Waals surface area contributed by atoms with Gasteiger partial charge in [0.25, 0.3) is 0 Å². The molecule has 1 amide bonds. The number of aromatic nitrogens is 2. The van der Waals surface area contributed by atoms with Crippen molar-refractivity contribution in [2.24, 2.45) is 13.0 Å². The van der Waals surface area contributed by atoms with Gasteiger partial charge >= 0.3 is 0 Å². The minimum Gasteiger partial charge on any atom is -0.352 e. The lowest BCUT2D eigenvalue weighted by Gasteiger charge is -2.31. The zero-order valence-corrected chi connectivity index (χ0v) is 19.4. The Labute approximate surface area is 185 Å². The lowest BCUT2D eigenvalue weighted by Crippen LogP contribution is -2.40. The molecule has 0 radical (unpaired) electrons. The first-order valence-electron chi connectivity index (χ1n) is 10.8. The lowest BCUT2D eigenvalue weighted by atomic mass is 9.95. The van der Waals surface area contributed by atoms with Crippen molar-refractivity contribution in [3.05, 3.63) is 53.6 Å². The molecule has 2 heterocycles.